The molecule has 3 atom stereocenters. The Balaban J connectivity index is -0.000000110. The summed E-state index contributed by atoms with van der Waals surface area (Å²) in [6, 6.07) is -3.18. The Morgan fingerprint density at radius 1 is 0.469 bits per heavy atom. The van der Waals surface area contributed by atoms with E-state index in [2.05, 4.69) is 0 Å². The summed E-state index contributed by atoms with van der Waals surface area (Å²) in [5.74, 6) is -6.59. The van der Waals surface area contributed by atoms with Crippen molar-refractivity contribution in [3.05, 3.63) is 0 Å². The second-order valence-corrected chi connectivity index (χ2v) is 5.63. The van der Waals surface area contributed by atoms with Gasteiger partial charge in [-0.15, -0.1) is 0 Å². The van der Waals surface area contributed by atoms with Crippen LogP contribution in [0.2, 0.25) is 0 Å². The number of hydrogen-bond acceptors (Lipinski definition) is 9. The van der Waals surface area contributed by atoms with Gasteiger partial charge in [0.25, 0.3) is 0 Å². The van der Waals surface area contributed by atoms with Crippen LogP contribution in [-0.4, -0.2) is 84.6 Å². The summed E-state index contributed by atoms with van der Waals surface area (Å²) in [7, 11) is 0. The number of rotatable bonds is 12. The van der Waals surface area contributed by atoms with Gasteiger partial charge in [0.2, 0.25) is 0 Å². The second kappa shape index (κ2) is 23.4. The van der Waals surface area contributed by atoms with Gasteiger partial charge in [0, 0.05) is 53.4 Å². The summed E-state index contributed by atoms with van der Waals surface area (Å²) in [4.78, 5) is 59.6. The molecule has 0 aromatic heterocycles. The van der Waals surface area contributed by atoms with Crippen LogP contribution < -0.4 is 17.2 Å². The van der Waals surface area contributed by atoms with Gasteiger partial charge >= 0.3 is 35.8 Å². The average Bonchev–Trinajstić information content (AvgIpc) is 2.62. The van der Waals surface area contributed by atoms with Gasteiger partial charge in [-0.3, -0.25) is 28.8 Å². The first kappa shape index (κ1) is 40.1. The Labute approximate surface area is 203 Å². The maximum Gasteiger partial charge on any atom is 0.320 e. The molecule has 0 saturated heterocycles. The van der Waals surface area contributed by atoms with E-state index in [1.807, 2.05) is 0 Å². The van der Waals surface area contributed by atoms with Gasteiger partial charge in [-0.05, 0) is 19.3 Å². The molecule has 0 fully saturated rings. The summed E-state index contributed by atoms with van der Waals surface area (Å²) >= 11 is 0. The maximum atomic E-state index is 9.99. The zero-order chi connectivity index (χ0) is 24.4. The molecular formula is C15H27Fe2N3O12. The second-order valence-electron chi connectivity index (χ2n) is 5.63. The van der Waals surface area contributed by atoms with Gasteiger partial charge in [0.1, 0.15) is 18.1 Å². The van der Waals surface area contributed by atoms with E-state index in [0.717, 1.165) is 0 Å². The molecule has 15 nitrogen and oxygen atoms in total. The van der Waals surface area contributed by atoms with Crippen molar-refractivity contribution in [2.75, 3.05) is 0 Å². The van der Waals surface area contributed by atoms with Crippen molar-refractivity contribution < 1.29 is 93.5 Å². The van der Waals surface area contributed by atoms with Crippen LogP contribution in [0.3, 0.4) is 0 Å². The Morgan fingerprint density at radius 3 is 0.719 bits per heavy atom. The van der Waals surface area contributed by atoms with Gasteiger partial charge in [0.15, 0.2) is 0 Å². The van der Waals surface area contributed by atoms with E-state index in [4.69, 9.17) is 47.8 Å². The Kier molecular flexibility index (Phi) is 29.4. The third kappa shape index (κ3) is 32.4. The molecule has 0 aliphatic rings. The van der Waals surface area contributed by atoms with E-state index >= 15 is 0 Å². The molecule has 0 aliphatic heterocycles. The molecule has 0 radical (unpaired) electrons. The number of nitrogens with two attached hydrogens (primary N) is 3. The minimum atomic E-state index is -1.17. The van der Waals surface area contributed by atoms with E-state index in [1.54, 1.807) is 0 Å². The van der Waals surface area contributed by atoms with Crippen molar-refractivity contribution in [2.24, 2.45) is 17.2 Å². The SMILES string of the molecule is N[C@@H](CCC(=O)O)C(=O)O.N[C@@H](CCC(=O)O)C(=O)O.N[C@H](CCC(=O)O)C(=O)O.[Fe].[Fe]. The number of carboxylic acid groups (broad SMARTS) is 6. The summed E-state index contributed by atoms with van der Waals surface area (Å²) in [5.41, 5.74) is 15.0. The molecule has 0 amide bonds. The molecule has 0 aromatic rings. The topological polar surface area (TPSA) is 302 Å². The maximum absolute atomic E-state index is 9.99. The van der Waals surface area contributed by atoms with Crippen molar-refractivity contribution in [3.63, 3.8) is 0 Å². The molecule has 0 bridgehead atoms. The zero-order valence-corrected chi connectivity index (χ0v) is 18.8. The summed E-state index contributed by atoms with van der Waals surface area (Å²) in [6.45, 7) is 0. The number of aliphatic carboxylic acids is 6. The number of hydrogen-bond donors (Lipinski definition) is 9. The van der Waals surface area contributed by atoms with Crippen molar-refractivity contribution >= 4 is 35.8 Å². The van der Waals surface area contributed by atoms with E-state index in [0.29, 0.717) is 0 Å². The summed E-state index contributed by atoms with van der Waals surface area (Å²) in [5, 5.41) is 48.8. The van der Waals surface area contributed by atoms with Crippen molar-refractivity contribution in [2.45, 2.75) is 56.7 Å². The van der Waals surface area contributed by atoms with Gasteiger partial charge in [0.05, 0.1) is 0 Å². The van der Waals surface area contributed by atoms with Crippen LogP contribution in [0.5, 0.6) is 0 Å². The quantitative estimate of drug-likeness (QED) is 0.116. The van der Waals surface area contributed by atoms with Crippen LogP contribution in [0.1, 0.15) is 38.5 Å². The van der Waals surface area contributed by atoms with Crippen LogP contribution in [0.25, 0.3) is 0 Å². The Hall–Kier alpha value is -2.26. The Bertz CT molecular complexity index is 525. The fourth-order valence-corrected chi connectivity index (χ4v) is 1.21. The van der Waals surface area contributed by atoms with Crippen LogP contribution in [-0.2, 0) is 62.9 Å². The molecule has 12 N–H and O–H groups in total. The van der Waals surface area contributed by atoms with Gasteiger partial charge < -0.3 is 47.8 Å². The van der Waals surface area contributed by atoms with Crippen LogP contribution >= 0.6 is 0 Å². The normalized spacial score (nSPS) is 11.7. The van der Waals surface area contributed by atoms with Gasteiger partial charge in [-0.2, -0.15) is 0 Å². The molecule has 0 heterocycles. The van der Waals surface area contributed by atoms with E-state index < -0.39 is 53.9 Å². The largest absolute Gasteiger partial charge is 0.481 e. The third-order valence-corrected chi connectivity index (χ3v) is 2.96. The van der Waals surface area contributed by atoms with Crippen molar-refractivity contribution in [1.82, 2.24) is 0 Å². The van der Waals surface area contributed by atoms with Gasteiger partial charge in [-0.1, -0.05) is 0 Å². The molecule has 0 aromatic carbocycles. The zero-order valence-electron chi connectivity index (χ0n) is 16.5. The van der Waals surface area contributed by atoms with E-state index in [-0.39, 0.29) is 72.7 Å². The molecule has 17 heteroatoms. The van der Waals surface area contributed by atoms with E-state index in [9.17, 15) is 28.8 Å². The van der Waals surface area contributed by atoms with Crippen LogP contribution in [0.4, 0.5) is 0 Å². The molecule has 0 spiro atoms. The van der Waals surface area contributed by atoms with E-state index in [1.165, 1.54) is 0 Å². The number of carboxylic acids is 6. The van der Waals surface area contributed by atoms with Crippen LogP contribution in [0, 0.1) is 0 Å². The monoisotopic (exact) mass is 553 g/mol. The first-order valence-corrected chi connectivity index (χ1v) is 8.22. The average molecular weight is 553 g/mol. The standard InChI is InChI=1S/3C5H9NO4.2Fe/c3*6-3(5(9)10)1-2-4(7)8;;/h3*3H,1-2,6H2,(H,7,8)(H,9,10);;/t3*3-;;/m100../s1. The first-order chi connectivity index (χ1) is 13.6. The van der Waals surface area contributed by atoms with Crippen molar-refractivity contribution in [3.8, 4) is 0 Å². The predicted octanol–water partition coefficient (Wildman–Crippen LogP) is -2.22. The fraction of sp³-hybridized carbons (Fsp3) is 0.600. The third-order valence-electron chi connectivity index (χ3n) is 2.96. The minimum Gasteiger partial charge on any atom is -0.481 e. The molecule has 0 aliphatic carbocycles. The molecule has 0 saturated carbocycles. The molecule has 32 heavy (non-hydrogen) atoms. The van der Waals surface area contributed by atoms with Crippen LogP contribution in [0.15, 0.2) is 0 Å². The predicted molar refractivity (Wildman–Crippen MR) is 97.4 cm³/mol. The summed E-state index contributed by atoms with van der Waals surface area (Å²) < 4.78 is 0. The fourth-order valence-electron chi connectivity index (χ4n) is 1.21. The van der Waals surface area contributed by atoms with Gasteiger partial charge in [-0.25, -0.2) is 0 Å². The molecule has 0 rings (SSSR count). The smallest absolute Gasteiger partial charge is 0.320 e. The Morgan fingerprint density at radius 2 is 0.625 bits per heavy atom. The van der Waals surface area contributed by atoms with Crippen molar-refractivity contribution in [1.29, 1.82) is 0 Å². The number of carbonyl (C=O) groups is 6. The molecular weight excluding hydrogens is 526 g/mol. The first-order valence-electron chi connectivity index (χ1n) is 8.22. The summed E-state index contributed by atoms with van der Waals surface area (Å²) in [6.07, 6.45) is -0.672. The molecule has 190 valence electrons. The molecule has 0 unspecified atom stereocenters. The minimum absolute atomic E-state index is 0.